The number of allylic oxidation sites excluding steroid dienone is 1. The molecule has 1 atom stereocenters. The van der Waals surface area contributed by atoms with Crippen molar-refractivity contribution in [3.63, 3.8) is 0 Å². The molecule has 0 aromatic carbocycles. The second-order valence-electron chi connectivity index (χ2n) is 5.57. The summed E-state index contributed by atoms with van der Waals surface area (Å²) >= 11 is 0. The van der Waals surface area contributed by atoms with E-state index in [0.29, 0.717) is 11.4 Å². The number of H-pyrrole nitrogens is 1. The molecule has 2 aromatic heterocycles. The number of nitrogens with one attached hydrogen (secondary N) is 1. The van der Waals surface area contributed by atoms with Crippen molar-refractivity contribution in [1.29, 1.82) is 0 Å². The Labute approximate surface area is 152 Å². The van der Waals surface area contributed by atoms with Crippen molar-refractivity contribution < 1.29 is 28.2 Å². The quantitative estimate of drug-likeness (QED) is 0.423. The summed E-state index contributed by atoms with van der Waals surface area (Å²) in [5, 5.41) is 0. The van der Waals surface area contributed by atoms with Gasteiger partial charge in [0.15, 0.2) is 16.9 Å². The predicted octanol–water partition coefficient (Wildman–Crippen LogP) is 0.627. The Morgan fingerprint density at radius 2 is 2.26 bits per heavy atom. The fraction of sp³-hybridized carbons (Fsp3) is 0.357. The first kappa shape index (κ1) is 19.1. The topological polar surface area (TPSA) is 164 Å². The van der Waals surface area contributed by atoms with Crippen molar-refractivity contribution in [2.75, 3.05) is 25.3 Å². The van der Waals surface area contributed by atoms with Gasteiger partial charge in [0.25, 0.3) is 11.5 Å². The third-order valence-corrected chi connectivity index (χ3v) is 4.56. The van der Waals surface area contributed by atoms with Crippen molar-refractivity contribution in [3.05, 3.63) is 40.7 Å². The zero-order valence-corrected chi connectivity index (χ0v) is 15.3. The highest BCUT2D eigenvalue weighted by molar-refractivity contribution is 7.52. The normalized spacial score (nSPS) is 16.4. The molecule has 1 aliphatic heterocycles. The third kappa shape index (κ3) is 4.55. The standard InChI is InChI=1S/C14H18N5O7P/c1-8-10(26-9(2)25-8)5-24-27(21,22)7-23-4-3-19-6-16-11-12(19)17-14(15)18-13(11)20/h6H,2-5,7H2,1H3,(H,21,22)(H3,15,17,18,20). The summed E-state index contributed by atoms with van der Waals surface area (Å²) in [5.74, 6) is 0.729. The van der Waals surface area contributed by atoms with Crippen LogP contribution in [0.4, 0.5) is 5.95 Å². The molecule has 4 N–H and O–H groups in total. The van der Waals surface area contributed by atoms with E-state index < -0.39 is 19.5 Å². The van der Waals surface area contributed by atoms with E-state index in [2.05, 4.69) is 21.5 Å². The van der Waals surface area contributed by atoms with Gasteiger partial charge in [-0.3, -0.25) is 18.9 Å². The van der Waals surface area contributed by atoms with E-state index in [4.69, 9.17) is 24.5 Å². The van der Waals surface area contributed by atoms with Crippen LogP contribution in [0.25, 0.3) is 11.2 Å². The average molecular weight is 399 g/mol. The van der Waals surface area contributed by atoms with E-state index in [-0.39, 0.29) is 42.9 Å². The van der Waals surface area contributed by atoms with Gasteiger partial charge >= 0.3 is 7.60 Å². The van der Waals surface area contributed by atoms with Gasteiger partial charge in [-0.1, -0.05) is 0 Å². The first-order valence-electron chi connectivity index (χ1n) is 7.74. The molecule has 0 saturated carbocycles. The Hall–Kier alpha value is -2.66. The molecule has 27 heavy (non-hydrogen) atoms. The SMILES string of the molecule is C=C1OC(C)=C(COP(=O)(O)COCCn2cnc3c(=O)[nH]c(N)nc32)O1. The van der Waals surface area contributed by atoms with Crippen LogP contribution in [0.2, 0.25) is 0 Å². The van der Waals surface area contributed by atoms with Crippen LogP contribution in [-0.4, -0.2) is 44.0 Å². The molecule has 0 amide bonds. The monoisotopic (exact) mass is 399 g/mol. The minimum Gasteiger partial charge on any atom is -0.428 e. The van der Waals surface area contributed by atoms with E-state index in [9.17, 15) is 14.3 Å². The lowest BCUT2D eigenvalue weighted by atomic mass is 10.4. The smallest absolute Gasteiger partial charge is 0.353 e. The molecule has 1 unspecified atom stereocenters. The van der Waals surface area contributed by atoms with Gasteiger partial charge < -0.3 is 29.4 Å². The number of nitrogen functional groups attached to an aromatic ring is 1. The van der Waals surface area contributed by atoms with Crippen LogP contribution in [0.3, 0.4) is 0 Å². The van der Waals surface area contributed by atoms with Gasteiger partial charge in [0.2, 0.25) is 5.95 Å². The van der Waals surface area contributed by atoms with Crippen molar-refractivity contribution in [2.45, 2.75) is 13.5 Å². The number of ether oxygens (including phenoxy) is 3. The number of hydrogen-bond acceptors (Lipinski definition) is 9. The Morgan fingerprint density at radius 3 is 2.96 bits per heavy atom. The number of nitrogens with two attached hydrogens (primary N) is 1. The number of hydrogen-bond donors (Lipinski definition) is 3. The number of nitrogens with zero attached hydrogens (tertiary/aromatic N) is 3. The van der Waals surface area contributed by atoms with E-state index in [1.165, 1.54) is 6.33 Å². The minimum atomic E-state index is -4.00. The van der Waals surface area contributed by atoms with Crippen molar-refractivity contribution in [1.82, 2.24) is 19.5 Å². The summed E-state index contributed by atoms with van der Waals surface area (Å²) < 4.78 is 33.9. The van der Waals surface area contributed by atoms with Crippen LogP contribution in [0.5, 0.6) is 0 Å². The molecule has 0 spiro atoms. The molecular weight excluding hydrogens is 381 g/mol. The molecule has 13 heteroatoms. The lowest BCUT2D eigenvalue weighted by Crippen LogP contribution is -2.13. The Bertz CT molecular complexity index is 1010. The van der Waals surface area contributed by atoms with Crippen LogP contribution in [-0.2, 0) is 29.8 Å². The molecule has 146 valence electrons. The van der Waals surface area contributed by atoms with Gasteiger partial charge in [-0.15, -0.1) is 0 Å². The predicted molar refractivity (Wildman–Crippen MR) is 93.2 cm³/mol. The van der Waals surface area contributed by atoms with Crippen molar-refractivity contribution in [3.8, 4) is 0 Å². The highest BCUT2D eigenvalue weighted by Crippen LogP contribution is 2.42. The van der Waals surface area contributed by atoms with Crippen LogP contribution in [0.1, 0.15) is 6.92 Å². The highest BCUT2D eigenvalue weighted by atomic mass is 31.2. The fourth-order valence-corrected chi connectivity index (χ4v) is 3.02. The molecule has 0 saturated heterocycles. The van der Waals surface area contributed by atoms with Gasteiger partial charge in [-0.05, 0) is 13.5 Å². The number of fused-ring (bicyclic) bond motifs is 1. The second kappa shape index (κ2) is 7.53. The van der Waals surface area contributed by atoms with Gasteiger partial charge in [0.05, 0.1) is 12.9 Å². The van der Waals surface area contributed by atoms with Crippen molar-refractivity contribution >= 4 is 24.7 Å². The van der Waals surface area contributed by atoms with E-state index >= 15 is 0 Å². The highest BCUT2D eigenvalue weighted by Gasteiger charge is 2.25. The van der Waals surface area contributed by atoms with Crippen LogP contribution >= 0.6 is 7.60 Å². The summed E-state index contributed by atoms with van der Waals surface area (Å²) in [7, 11) is -4.00. The molecule has 12 nitrogen and oxygen atoms in total. The first-order chi connectivity index (χ1) is 12.7. The van der Waals surface area contributed by atoms with Gasteiger partial charge in [-0.2, -0.15) is 4.98 Å². The van der Waals surface area contributed by atoms with Crippen LogP contribution in [0, 0.1) is 0 Å². The molecule has 3 heterocycles. The maximum atomic E-state index is 12.0. The minimum absolute atomic E-state index is 0.0335. The number of rotatable bonds is 8. The number of aromatic amines is 1. The maximum Gasteiger partial charge on any atom is 0.353 e. The summed E-state index contributed by atoms with van der Waals surface area (Å²) in [6, 6.07) is 0. The average Bonchev–Trinajstić information content (AvgIpc) is 3.12. The van der Waals surface area contributed by atoms with Gasteiger partial charge in [0, 0.05) is 6.54 Å². The lowest BCUT2D eigenvalue weighted by molar-refractivity contribution is 0.131. The van der Waals surface area contributed by atoms with Crippen LogP contribution in [0.15, 0.2) is 35.2 Å². The lowest BCUT2D eigenvalue weighted by Gasteiger charge is -2.13. The zero-order chi connectivity index (χ0) is 19.6. The van der Waals surface area contributed by atoms with E-state index in [0.717, 1.165) is 0 Å². The van der Waals surface area contributed by atoms with Crippen LogP contribution < -0.4 is 11.3 Å². The molecule has 2 aromatic rings. The molecule has 0 fully saturated rings. The summed E-state index contributed by atoms with van der Waals surface area (Å²) in [6.45, 7) is 5.15. The van der Waals surface area contributed by atoms with Gasteiger partial charge in [0.1, 0.15) is 18.7 Å². The second-order valence-corrected chi connectivity index (χ2v) is 7.36. The summed E-state index contributed by atoms with van der Waals surface area (Å²) in [5.41, 5.74) is 5.50. The fourth-order valence-electron chi connectivity index (χ4n) is 2.26. The number of aromatic nitrogens is 4. The summed E-state index contributed by atoms with van der Waals surface area (Å²) in [6.07, 6.45) is 0.883. The van der Waals surface area contributed by atoms with E-state index in [1.54, 1.807) is 11.5 Å². The van der Waals surface area contributed by atoms with Gasteiger partial charge in [-0.25, -0.2) is 4.98 Å². The molecular formula is C14H18N5O7P. The molecule has 1 aliphatic rings. The molecule has 0 aliphatic carbocycles. The Balaban J connectivity index is 1.50. The third-order valence-electron chi connectivity index (χ3n) is 3.52. The number of imidazole rings is 1. The maximum absolute atomic E-state index is 12.0. The first-order valence-corrected chi connectivity index (χ1v) is 9.50. The molecule has 0 bridgehead atoms. The molecule has 0 radical (unpaired) electrons. The molecule has 3 rings (SSSR count). The number of anilines is 1. The van der Waals surface area contributed by atoms with Crippen molar-refractivity contribution in [2.24, 2.45) is 0 Å². The zero-order valence-electron chi connectivity index (χ0n) is 14.4. The summed E-state index contributed by atoms with van der Waals surface area (Å²) in [4.78, 5) is 31.8. The van der Waals surface area contributed by atoms with E-state index in [1.807, 2.05) is 0 Å². The largest absolute Gasteiger partial charge is 0.428 e. The Kier molecular flexibility index (Phi) is 5.33. The Morgan fingerprint density at radius 1 is 1.48 bits per heavy atom.